The molecule has 0 aromatic heterocycles. The molecule has 9 aromatic carbocycles. The Hall–Kier alpha value is -9.08. The Morgan fingerprint density at radius 2 is 0.611 bits per heavy atom. The SMILES string of the molecule is CO[C@H]1[C@H](O[C@@H]2[C@@H](OCc3ccccc3)[C@H](C)O[C@@H](O[C@@H]3[C@@H](OCc4ccccc4)[C@H](C)O[C@@H](O[C@H]4[C@H](OCCN(Cc5ccccc5)C(=O)OCc5ccccc5)O[C@@H](C)[C@H](OCc5ccccc5)[C@H]4OCc4ccccc4)[C@@H]3OCc3ccccc3)[C@@H]2OCc2ccccc2)O[C@H](C)[C@@H](N=[N+]=[N-])[C@@H]1OCc1ccccc1. The van der Waals surface area contributed by atoms with Crippen LogP contribution in [0.2, 0.25) is 0 Å². The Balaban J connectivity index is 0.899. The van der Waals surface area contributed by atoms with E-state index in [1.807, 2.05) is 301 Å². The fourth-order valence-electron chi connectivity index (χ4n) is 14.7. The summed E-state index contributed by atoms with van der Waals surface area (Å²) in [6.07, 6.45) is -19.8. The summed E-state index contributed by atoms with van der Waals surface area (Å²) in [5.41, 5.74) is 18.0. The lowest BCUT2D eigenvalue weighted by Gasteiger charge is -2.52. The molecule has 4 fully saturated rings. The van der Waals surface area contributed by atoms with Gasteiger partial charge in [-0.05, 0) is 83.3 Å². The number of hydrogen-bond donors (Lipinski definition) is 0. The van der Waals surface area contributed by atoms with Crippen LogP contribution in [0.25, 0.3) is 10.4 Å². The van der Waals surface area contributed by atoms with Crippen molar-refractivity contribution in [1.29, 1.82) is 0 Å². The van der Waals surface area contributed by atoms with Crippen molar-refractivity contribution in [2.24, 2.45) is 5.11 Å². The number of benzene rings is 9. The molecule has 13 rings (SSSR count). The zero-order chi connectivity index (χ0) is 77.9. The maximum Gasteiger partial charge on any atom is 0.410 e. The van der Waals surface area contributed by atoms with Crippen molar-refractivity contribution in [3.63, 3.8) is 0 Å². The van der Waals surface area contributed by atoms with Gasteiger partial charge >= 0.3 is 6.09 Å². The molecule has 4 heterocycles. The number of methoxy groups -OCH3 is 1. The van der Waals surface area contributed by atoms with E-state index in [0.717, 1.165) is 50.1 Å². The topological polar surface area (TPSA) is 226 Å². The summed E-state index contributed by atoms with van der Waals surface area (Å²) in [7, 11) is 1.55. The first-order valence-electron chi connectivity index (χ1n) is 38.9. The summed E-state index contributed by atoms with van der Waals surface area (Å²) in [5.74, 6) is 0. The molecule has 20 atom stereocenters. The van der Waals surface area contributed by atoms with Crippen LogP contribution in [0.1, 0.15) is 77.8 Å². The molecule has 0 N–H and O–H groups in total. The third kappa shape index (κ3) is 22.9. The second-order valence-electron chi connectivity index (χ2n) is 28.7. The molecule has 1 amide bonds. The van der Waals surface area contributed by atoms with Crippen LogP contribution in [0, 0.1) is 0 Å². The molecular weight excluding hydrogens is 1440 g/mol. The van der Waals surface area contributed by atoms with Crippen LogP contribution in [0.4, 0.5) is 4.79 Å². The summed E-state index contributed by atoms with van der Waals surface area (Å²) < 4.78 is 121. The largest absolute Gasteiger partial charge is 0.445 e. The Kier molecular flexibility index (Phi) is 30.7. The van der Waals surface area contributed by atoms with Gasteiger partial charge in [0.25, 0.3) is 0 Å². The first kappa shape index (κ1) is 81.9. The van der Waals surface area contributed by atoms with Crippen molar-refractivity contribution >= 4 is 6.09 Å². The Morgan fingerprint density at radius 1 is 0.327 bits per heavy atom. The molecule has 9 aromatic rings. The summed E-state index contributed by atoms with van der Waals surface area (Å²) in [4.78, 5) is 19.3. The average Bonchev–Trinajstić information content (AvgIpc) is 0.761. The van der Waals surface area contributed by atoms with Gasteiger partial charge in [-0.2, -0.15) is 0 Å². The minimum atomic E-state index is -1.35. The van der Waals surface area contributed by atoms with Crippen LogP contribution in [-0.2, 0) is 140 Å². The van der Waals surface area contributed by atoms with Gasteiger partial charge in [-0.15, -0.1) is 0 Å². The molecule has 22 heteroatoms. The van der Waals surface area contributed by atoms with E-state index in [2.05, 4.69) is 10.0 Å². The highest BCUT2D eigenvalue weighted by atomic mass is 16.8. The van der Waals surface area contributed by atoms with Crippen molar-refractivity contribution in [3.8, 4) is 0 Å². The van der Waals surface area contributed by atoms with E-state index in [1.165, 1.54) is 0 Å². The lowest BCUT2D eigenvalue weighted by Crippen LogP contribution is -2.68. The van der Waals surface area contributed by atoms with Gasteiger partial charge in [0, 0.05) is 25.1 Å². The fourth-order valence-corrected chi connectivity index (χ4v) is 14.7. The molecule has 0 radical (unpaired) electrons. The van der Waals surface area contributed by atoms with Gasteiger partial charge in [-0.3, -0.25) is 0 Å². The molecule has 594 valence electrons. The van der Waals surface area contributed by atoms with Gasteiger partial charge in [-0.25, -0.2) is 4.79 Å². The van der Waals surface area contributed by atoms with Crippen molar-refractivity contribution in [2.45, 2.75) is 210 Å². The molecule has 4 saturated heterocycles. The van der Waals surface area contributed by atoms with E-state index < -0.39 is 129 Å². The lowest BCUT2D eigenvalue weighted by atomic mass is 9.95. The minimum absolute atomic E-state index is 0.0395. The molecule has 0 unspecified atom stereocenters. The highest BCUT2D eigenvalue weighted by Gasteiger charge is 2.58. The van der Waals surface area contributed by atoms with Crippen LogP contribution >= 0.6 is 0 Å². The van der Waals surface area contributed by atoms with Crippen LogP contribution in [0.5, 0.6) is 0 Å². The number of carbonyl (C=O) groups is 1. The zero-order valence-corrected chi connectivity index (χ0v) is 64.4. The second kappa shape index (κ2) is 42.3. The first-order chi connectivity index (χ1) is 55.5. The molecule has 22 nitrogen and oxygen atoms in total. The lowest BCUT2D eigenvalue weighted by molar-refractivity contribution is -0.400. The highest BCUT2D eigenvalue weighted by molar-refractivity contribution is 5.67. The number of azide groups is 1. The smallest absolute Gasteiger partial charge is 0.410 e. The van der Waals surface area contributed by atoms with Gasteiger partial charge < -0.3 is 85.4 Å². The Morgan fingerprint density at radius 3 is 0.965 bits per heavy atom. The van der Waals surface area contributed by atoms with Crippen molar-refractivity contribution < 1.29 is 85.3 Å². The van der Waals surface area contributed by atoms with E-state index >= 15 is 0 Å². The number of rotatable bonds is 37. The molecule has 4 aliphatic heterocycles. The average molecular weight is 1540 g/mol. The number of carbonyl (C=O) groups excluding carboxylic acids is 1. The van der Waals surface area contributed by atoms with E-state index in [9.17, 15) is 10.3 Å². The van der Waals surface area contributed by atoms with Crippen molar-refractivity contribution in [2.75, 3.05) is 20.3 Å². The fraction of sp³-hybridized carbons (Fsp3) is 0.396. The summed E-state index contributed by atoms with van der Waals surface area (Å²) in [6, 6.07) is 87.3. The van der Waals surface area contributed by atoms with Crippen molar-refractivity contribution in [3.05, 3.63) is 334 Å². The molecule has 0 aliphatic carbocycles. The summed E-state index contributed by atoms with van der Waals surface area (Å²) >= 11 is 0. The van der Waals surface area contributed by atoms with E-state index in [4.69, 9.17) is 80.5 Å². The van der Waals surface area contributed by atoms with E-state index in [-0.39, 0.29) is 72.6 Å². The summed E-state index contributed by atoms with van der Waals surface area (Å²) in [5, 5.41) is 4.24. The Bertz CT molecular complexity index is 4260. The minimum Gasteiger partial charge on any atom is -0.445 e. The zero-order valence-electron chi connectivity index (χ0n) is 64.4. The predicted molar refractivity (Wildman–Crippen MR) is 420 cm³/mol. The van der Waals surface area contributed by atoms with Gasteiger partial charge in [0.05, 0.1) is 83.3 Å². The van der Waals surface area contributed by atoms with Gasteiger partial charge in [-0.1, -0.05) is 278 Å². The first-order valence-corrected chi connectivity index (χ1v) is 38.9. The Labute approximate surface area is 661 Å². The third-order valence-corrected chi connectivity index (χ3v) is 20.6. The van der Waals surface area contributed by atoms with Gasteiger partial charge in [0.1, 0.15) is 73.8 Å². The predicted octanol–water partition coefficient (Wildman–Crippen LogP) is 15.8. The molecule has 4 aliphatic rings. The van der Waals surface area contributed by atoms with Crippen LogP contribution in [-0.4, -0.2) is 154 Å². The van der Waals surface area contributed by atoms with Crippen LogP contribution in [0.3, 0.4) is 0 Å². The molecule has 113 heavy (non-hydrogen) atoms. The maximum absolute atomic E-state index is 14.4. The van der Waals surface area contributed by atoms with Gasteiger partial charge in [0.2, 0.25) is 0 Å². The third-order valence-electron chi connectivity index (χ3n) is 20.6. The molecule has 0 bridgehead atoms. The normalized spacial score (nSPS) is 27.7. The quantitative estimate of drug-likeness (QED) is 0.0200. The monoisotopic (exact) mass is 1540 g/mol. The molecule has 0 saturated carbocycles. The highest BCUT2D eigenvalue weighted by Crippen LogP contribution is 2.41. The standard InChI is InChI=1S/C91H102N4O18/c1-62-75(93-94-92)79(102-57-70-41-23-10-24-42-70)83(97-5)88(107-62)111-81-77(100-55-68-37-19-8-20-38-68)64(3)109-89(84(81)104-59-72-45-27-12-28-46-72)112-82-78(101-56-69-39-21-9-22-40-69)65(4)110-90(85(82)105-60-73-47-29-13-30-48-73)113-86-80(103-58-71-43-25-11-26-44-71)76(99-54-67-35-17-7-18-36-67)63(2)108-87(86)98-52-51-95(53-66-33-15-6-16-34-66)91(96)106-61-74-49-31-14-32-50-74/h6-50,62-65,75-90H,51-61H2,1-5H3/t62-,63+,64+,65+,75-,76+,77+,78+,79+,80-,81-,82-,83-,84-,85-,86-,87-,88+,89+,90+/m1/s1. The van der Waals surface area contributed by atoms with Crippen molar-refractivity contribution in [1.82, 2.24) is 4.90 Å². The molecular formula is C91H102N4O18. The summed E-state index contributed by atoms with van der Waals surface area (Å²) in [6.45, 7) is 8.78. The van der Waals surface area contributed by atoms with Crippen LogP contribution < -0.4 is 0 Å². The number of ether oxygens (including phenoxy) is 17. The number of nitrogens with zero attached hydrogens (tertiary/aromatic N) is 4. The van der Waals surface area contributed by atoms with Gasteiger partial charge in [0.15, 0.2) is 25.2 Å². The second-order valence-corrected chi connectivity index (χ2v) is 28.7. The van der Waals surface area contributed by atoms with E-state index in [1.54, 1.807) is 12.0 Å². The number of hydrogen-bond acceptors (Lipinski definition) is 19. The maximum atomic E-state index is 14.4. The van der Waals surface area contributed by atoms with E-state index in [0.29, 0.717) is 0 Å². The number of amides is 1. The van der Waals surface area contributed by atoms with Crippen LogP contribution in [0.15, 0.2) is 278 Å². The molecule has 0 spiro atoms.